The second kappa shape index (κ2) is 5.86. The Labute approximate surface area is 162 Å². The van der Waals surface area contributed by atoms with Gasteiger partial charge in [0.25, 0.3) is 5.91 Å². The standard InChI is InChI=1S/C22H21N3O3/c1-22-19-16(17-12-15(28-2)8-9-18(17)23-19)10-11-25(22)21(27)24(20(22)26)13-14-6-4-3-5-7-14/h3-9,12,23H,10-11,13H2,1-2H3. The van der Waals surface area contributed by atoms with Gasteiger partial charge in [0, 0.05) is 17.4 Å². The minimum Gasteiger partial charge on any atom is -0.497 e. The number of nitrogens with zero attached hydrogens (tertiary/aromatic N) is 2. The van der Waals surface area contributed by atoms with Gasteiger partial charge in [-0.1, -0.05) is 30.3 Å². The number of carbonyl (C=O) groups is 2. The molecule has 1 unspecified atom stereocenters. The molecule has 1 atom stereocenters. The van der Waals surface area contributed by atoms with Crippen molar-refractivity contribution < 1.29 is 14.3 Å². The average molecular weight is 375 g/mol. The fourth-order valence-corrected chi connectivity index (χ4v) is 4.52. The van der Waals surface area contributed by atoms with Gasteiger partial charge >= 0.3 is 6.03 Å². The SMILES string of the molecule is COc1ccc2[nH]c3c(c2c1)CCN1C(=O)N(Cc2ccccc2)C(=O)C31C. The summed E-state index contributed by atoms with van der Waals surface area (Å²) in [4.78, 5) is 33.0. The van der Waals surface area contributed by atoms with Crippen molar-refractivity contribution in [3.8, 4) is 5.75 Å². The van der Waals surface area contributed by atoms with Crippen LogP contribution in [-0.4, -0.2) is 40.4 Å². The first-order chi connectivity index (χ1) is 13.5. The molecule has 6 heteroatoms. The quantitative estimate of drug-likeness (QED) is 0.714. The molecule has 3 aromatic rings. The summed E-state index contributed by atoms with van der Waals surface area (Å²) in [6, 6.07) is 15.2. The fourth-order valence-electron chi connectivity index (χ4n) is 4.52. The number of carbonyl (C=O) groups excluding carboxylic acids is 2. The number of methoxy groups -OCH3 is 1. The van der Waals surface area contributed by atoms with Gasteiger partial charge in [-0.2, -0.15) is 0 Å². The smallest absolute Gasteiger partial charge is 0.328 e. The molecule has 0 bridgehead atoms. The maximum absolute atomic E-state index is 13.5. The molecule has 0 radical (unpaired) electrons. The van der Waals surface area contributed by atoms with Crippen molar-refractivity contribution >= 4 is 22.8 Å². The van der Waals surface area contributed by atoms with Gasteiger partial charge in [0.1, 0.15) is 5.75 Å². The normalized spacial score (nSPS) is 21.2. The van der Waals surface area contributed by atoms with E-state index < -0.39 is 5.54 Å². The van der Waals surface area contributed by atoms with Crippen LogP contribution in [0.15, 0.2) is 48.5 Å². The van der Waals surface area contributed by atoms with Crippen LogP contribution in [0.2, 0.25) is 0 Å². The highest BCUT2D eigenvalue weighted by atomic mass is 16.5. The number of amides is 3. The Morgan fingerprint density at radius 3 is 2.68 bits per heavy atom. The lowest BCUT2D eigenvalue weighted by molar-refractivity contribution is -0.133. The van der Waals surface area contributed by atoms with E-state index >= 15 is 0 Å². The Balaban J connectivity index is 1.60. The maximum atomic E-state index is 13.5. The van der Waals surface area contributed by atoms with Gasteiger partial charge < -0.3 is 14.6 Å². The van der Waals surface area contributed by atoms with Crippen LogP contribution in [0.4, 0.5) is 4.79 Å². The van der Waals surface area contributed by atoms with Crippen LogP contribution in [0.3, 0.4) is 0 Å². The van der Waals surface area contributed by atoms with E-state index in [9.17, 15) is 9.59 Å². The van der Waals surface area contributed by atoms with E-state index in [0.717, 1.165) is 33.5 Å². The molecule has 1 saturated heterocycles. The summed E-state index contributed by atoms with van der Waals surface area (Å²) >= 11 is 0. The number of rotatable bonds is 3. The van der Waals surface area contributed by atoms with Crippen molar-refractivity contribution in [2.75, 3.05) is 13.7 Å². The Kier molecular flexibility index (Phi) is 3.53. The van der Waals surface area contributed by atoms with Gasteiger partial charge in [0.15, 0.2) is 5.54 Å². The number of H-pyrrole nitrogens is 1. The number of benzene rings is 2. The second-order valence-corrected chi connectivity index (χ2v) is 7.52. The number of imide groups is 1. The molecule has 2 aliphatic heterocycles. The third kappa shape index (κ3) is 2.14. The fraction of sp³-hybridized carbons (Fsp3) is 0.273. The molecule has 2 aliphatic rings. The second-order valence-electron chi connectivity index (χ2n) is 7.52. The highest BCUT2D eigenvalue weighted by Crippen LogP contribution is 2.44. The van der Waals surface area contributed by atoms with Crippen LogP contribution in [0.1, 0.15) is 23.7 Å². The summed E-state index contributed by atoms with van der Waals surface area (Å²) in [5, 5.41) is 1.05. The Hall–Kier alpha value is -3.28. The number of fused-ring (bicyclic) bond motifs is 5. The first kappa shape index (κ1) is 16.9. The molecule has 1 fully saturated rings. The first-order valence-electron chi connectivity index (χ1n) is 9.40. The predicted octanol–water partition coefficient (Wildman–Crippen LogP) is 3.41. The van der Waals surface area contributed by atoms with Gasteiger partial charge in [-0.25, -0.2) is 4.79 Å². The number of aromatic amines is 1. The van der Waals surface area contributed by atoms with Crippen LogP contribution < -0.4 is 4.74 Å². The lowest BCUT2D eigenvalue weighted by Crippen LogP contribution is -2.48. The van der Waals surface area contributed by atoms with E-state index in [0.29, 0.717) is 13.0 Å². The topological polar surface area (TPSA) is 65.6 Å². The maximum Gasteiger partial charge on any atom is 0.328 e. The lowest BCUT2D eigenvalue weighted by Gasteiger charge is -2.36. The van der Waals surface area contributed by atoms with Crippen LogP contribution in [0.25, 0.3) is 10.9 Å². The summed E-state index contributed by atoms with van der Waals surface area (Å²) in [7, 11) is 1.64. The number of aromatic nitrogens is 1. The molecule has 0 spiro atoms. The van der Waals surface area contributed by atoms with Gasteiger partial charge in [-0.3, -0.25) is 9.69 Å². The predicted molar refractivity (Wildman–Crippen MR) is 105 cm³/mol. The Morgan fingerprint density at radius 1 is 1.14 bits per heavy atom. The molecule has 3 amide bonds. The molecule has 1 N–H and O–H groups in total. The minimum atomic E-state index is -1.01. The van der Waals surface area contributed by atoms with Gasteiger partial charge in [0.2, 0.25) is 0 Å². The highest BCUT2D eigenvalue weighted by molar-refractivity contribution is 6.08. The lowest BCUT2D eigenvalue weighted by atomic mass is 9.87. The van der Waals surface area contributed by atoms with E-state index in [1.54, 1.807) is 12.0 Å². The number of nitrogens with one attached hydrogen (secondary N) is 1. The molecular weight excluding hydrogens is 354 g/mol. The summed E-state index contributed by atoms with van der Waals surface area (Å²) in [5.41, 5.74) is 2.79. The number of hydrogen-bond donors (Lipinski definition) is 1. The van der Waals surface area contributed by atoms with Gasteiger partial charge in [-0.15, -0.1) is 0 Å². The third-order valence-electron chi connectivity index (χ3n) is 6.03. The zero-order valence-corrected chi connectivity index (χ0v) is 15.9. The van der Waals surface area contributed by atoms with Crippen molar-refractivity contribution in [2.45, 2.75) is 25.4 Å². The number of urea groups is 1. The van der Waals surface area contributed by atoms with Crippen molar-refractivity contribution in [2.24, 2.45) is 0 Å². The van der Waals surface area contributed by atoms with E-state index in [1.807, 2.05) is 55.5 Å². The average Bonchev–Trinajstić information content (AvgIpc) is 3.18. The zero-order chi connectivity index (χ0) is 19.5. The van der Waals surface area contributed by atoms with Crippen LogP contribution in [-0.2, 0) is 23.3 Å². The number of ether oxygens (including phenoxy) is 1. The van der Waals surface area contributed by atoms with E-state index in [2.05, 4.69) is 4.98 Å². The largest absolute Gasteiger partial charge is 0.497 e. The molecular formula is C22H21N3O3. The van der Waals surface area contributed by atoms with Gasteiger partial charge in [0.05, 0.1) is 19.3 Å². The molecule has 1 aromatic heterocycles. The summed E-state index contributed by atoms with van der Waals surface area (Å²) < 4.78 is 5.36. The molecule has 6 nitrogen and oxygen atoms in total. The molecule has 2 aromatic carbocycles. The van der Waals surface area contributed by atoms with Crippen LogP contribution >= 0.6 is 0 Å². The van der Waals surface area contributed by atoms with Crippen LogP contribution in [0, 0.1) is 0 Å². The molecule has 0 aliphatic carbocycles. The molecule has 5 rings (SSSR count). The van der Waals surface area contributed by atoms with Crippen molar-refractivity contribution in [3.63, 3.8) is 0 Å². The highest BCUT2D eigenvalue weighted by Gasteiger charge is 2.58. The van der Waals surface area contributed by atoms with E-state index in [1.165, 1.54) is 4.90 Å². The summed E-state index contributed by atoms with van der Waals surface area (Å²) in [6.07, 6.45) is 0.705. The summed E-state index contributed by atoms with van der Waals surface area (Å²) in [6.45, 7) is 2.65. The Morgan fingerprint density at radius 2 is 1.93 bits per heavy atom. The van der Waals surface area contributed by atoms with Gasteiger partial charge in [-0.05, 0) is 42.7 Å². The Bertz CT molecular complexity index is 1100. The minimum absolute atomic E-state index is 0.180. The van der Waals surface area contributed by atoms with E-state index in [-0.39, 0.29) is 18.5 Å². The molecule has 3 heterocycles. The molecule has 0 saturated carbocycles. The molecule has 142 valence electrons. The third-order valence-corrected chi connectivity index (χ3v) is 6.03. The van der Waals surface area contributed by atoms with Crippen molar-refractivity contribution in [1.82, 2.24) is 14.8 Å². The molecule has 28 heavy (non-hydrogen) atoms. The van der Waals surface area contributed by atoms with Crippen molar-refractivity contribution in [1.29, 1.82) is 0 Å². The van der Waals surface area contributed by atoms with Crippen molar-refractivity contribution in [3.05, 3.63) is 65.4 Å². The number of hydrogen-bond acceptors (Lipinski definition) is 3. The monoisotopic (exact) mass is 375 g/mol. The first-order valence-corrected chi connectivity index (χ1v) is 9.40. The zero-order valence-electron chi connectivity index (χ0n) is 15.9. The van der Waals surface area contributed by atoms with E-state index in [4.69, 9.17) is 4.74 Å². The summed E-state index contributed by atoms with van der Waals surface area (Å²) in [5.74, 6) is 0.599. The van der Waals surface area contributed by atoms with Crippen LogP contribution in [0.5, 0.6) is 5.75 Å².